The zero-order valence-electron chi connectivity index (χ0n) is 14.1. The zero-order chi connectivity index (χ0) is 17.8. The molecule has 25 heavy (non-hydrogen) atoms. The van der Waals surface area contributed by atoms with E-state index in [1.165, 1.54) is 11.8 Å². The highest BCUT2D eigenvalue weighted by Gasteiger charge is 2.19. The smallest absolute Gasteiger partial charge is 0.237 e. The van der Waals surface area contributed by atoms with Crippen molar-refractivity contribution in [2.45, 2.75) is 30.8 Å². The average Bonchev–Trinajstić information content (AvgIpc) is 2.99. The first-order valence-electron chi connectivity index (χ1n) is 8.05. The molecule has 5 nitrogen and oxygen atoms in total. The number of carbonyl (C=O) groups excluding carboxylic acids is 1. The molecule has 0 spiro atoms. The van der Waals surface area contributed by atoms with Crippen LogP contribution in [0.4, 0.5) is 5.69 Å². The second-order valence-electron chi connectivity index (χ2n) is 5.57. The van der Waals surface area contributed by atoms with Crippen molar-refractivity contribution < 1.29 is 4.79 Å². The predicted octanol–water partition coefficient (Wildman–Crippen LogP) is 4.05. The van der Waals surface area contributed by atoms with Gasteiger partial charge in [0.2, 0.25) is 5.91 Å². The number of fused-ring (bicyclic) bond motifs is 1. The Balaban J connectivity index is 1.74. The number of nitrogens with zero attached hydrogens (tertiary/aromatic N) is 3. The topological polar surface area (TPSA) is 70.7 Å². The van der Waals surface area contributed by atoms with Crippen LogP contribution in [0.1, 0.15) is 19.4 Å². The van der Waals surface area contributed by atoms with Crippen molar-refractivity contribution in [2.75, 3.05) is 5.32 Å². The maximum Gasteiger partial charge on any atom is 0.237 e. The van der Waals surface area contributed by atoms with E-state index < -0.39 is 0 Å². The Hall–Kier alpha value is -2.78. The Bertz CT molecular complexity index is 940. The fourth-order valence-corrected chi connectivity index (χ4v) is 3.52. The lowest BCUT2D eigenvalue weighted by atomic mass is 10.2. The second kappa shape index (κ2) is 7.41. The predicted molar refractivity (Wildman–Crippen MR) is 101 cm³/mol. The van der Waals surface area contributed by atoms with E-state index in [1.54, 1.807) is 24.3 Å². The molecule has 1 atom stereocenters. The summed E-state index contributed by atoms with van der Waals surface area (Å²) >= 11 is 1.44. The number of thioether (sulfide) groups is 1. The van der Waals surface area contributed by atoms with Crippen LogP contribution < -0.4 is 5.32 Å². The molecule has 2 aromatic carbocycles. The molecular weight excluding hydrogens is 332 g/mol. The van der Waals surface area contributed by atoms with Crippen LogP contribution in [0.5, 0.6) is 0 Å². The molecule has 0 radical (unpaired) electrons. The molecule has 0 bridgehead atoms. The molecule has 1 heterocycles. The number of anilines is 1. The summed E-state index contributed by atoms with van der Waals surface area (Å²) in [4.78, 5) is 17.1. The van der Waals surface area contributed by atoms with Gasteiger partial charge in [-0.05, 0) is 50.2 Å². The van der Waals surface area contributed by atoms with Gasteiger partial charge in [-0.15, -0.1) is 0 Å². The number of benzene rings is 2. The van der Waals surface area contributed by atoms with Gasteiger partial charge in [-0.1, -0.05) is 23.9 Å². The van der Waals surface area contributed by atoms with Crippen molar-refractivity contribution in [3.8, 4) is 6.07 Å². The maximum absolute atomic E-state index is 12.5. The summed E-state index contributed by atoms with van der Waals surface area (Å²) in [6, 6.07) is 16.9. The van der Waals surface area contributed by atoms with Gasteiger partial charge in [0, 0.05) is 12.2 Å². The van der Waals surface area contributed by atoms with Crippen LogP contribution >= 0.6 is 11.8 Å². The first-order valence-corrected chi connectivity index (χ1v) is 8.93. The SMILES string of the molecule is CCn1c(SC(C)C(=O)Nc2ccc(C#N)cc2)nc2ccccc21. The third kappa shape index (κ3) is 3.67. The first kappa shape index (κ1) is 17.1. The molecule has 0 aliphatic rings. The lowest BCUT2D eigenvalue weighted by Crippen LogP contribution is -2.22. The number of rotatable bonds is 5. The molecule has 3 rings (SSSR count). The fourth-order valence-electron chi connectivity index (χ4n) is 2.53. The average molecular weight is 350 g/mol. The molecule has 0 aliphatic heterocycles. The summed E-state index contributed by atoms with van der Waals surface area (Å²) in [6.07, 6.45) is 0. The number of hydrogen-bond donors (Lipinski definition) is 1. The van der Waals surface area contributed by atoms with Crippen LogP contribution in [0.15, 0.2) is 53.7 Å². The molecule has 1 amide bonds. The van der Waals surface area contributed by atoms with Gasteiger partial charge in [-0.3, -0.25) is 4.79 Å². The van der Waals surface area contributed by atoms with E-state index in [2.05, 4.69) is 27.9 Å². The van der Waals surface area contributed by atoms with Crippen molar-refractivity contribution in [3.63, 3.8) is 0 Å². The number of aromatic nitrogens is 2. The fraction of sp³-hybridized carbons (Fsp3) is 0.211. The highest BCUT2D eigenvalue weighted by atomic mass is 32.2. The number of aryl methyl sites for hydroxylation is 1. The number of hydrogen-bond acceptors (Lipinski definition) is 4. The molecule has 3 aromatic rings. The Kier molecular flexibility index (Phi) is 5.05. The Labute approximate surface area is 150 Å². The molecule has 0 saturated carbocycles. The summed E-state index contributed by atoms with van der Waals surface area (Å²) < 4.78 is 2.12. The largest absolute Gasteiger partial charge is 0.325 e. The molecule has 1 aromatic heterocycles. The van der Waals surface area contributed by atoms with E-state index in [-0.39, 0.29) is 11.2 Å². The van der Waals surface area contributed by atoms with Gasteiger partial charge < -0.3 is 9.88 Å². The number of nitriles is 1. The standard InChI is InChI=1S/C19H18N4OS/c1-3-23-17-7-5-4-6-16(17)22-19(23)25-13(2)18(24)21-15-10-8-14(12-20)9-11-15/h4-11,13H,3H2,1-2H3,(H,21,24). The Morgan fingerprint density at radius 3 is 2.68 bits per heavy atom. The highest BCUT2D eigenvalue weighted by Crippen LogP contribution is 2.27. The first-order chi connectivity index (χ1) is 12.1. The van der Waals surface area contributed by atoms with Crippen LogP contribution in [-0.2, 0) is 11.3 Å². The van der Waals surface area contributed by atoms with Gasteiger partial charge in [0.05, 0.1) is 27.9 Å². The zero-order valence-corrected chi connectivity index (χ0v) is 14.9. The highest BCUT2D eigenvalue weighted by molar-refractivity contribution is 8.00. The van der Waals surface area contributed by atoms with Crippen LogP contribution in [0.25, 0.3) is 11.0 Å². The van der Waals surface area contributed by atoms with Gasteiger partial charge >= 0.3 is 0 Å². The van der Waals surface area contributed by atoms with Crippen molar-refractivity contribution >= 4 is 34.4 Å². The third-order valence-corrected chi connectivity index (χ3v) is 4.96. The second-order valence-corrected chi connectivity index (χ2v) is 6.87. The van der Waals surface area contributed by atoms with Crippen LogP contribution in [-0.4, -0.2) is 20.7 Å². The van der Waals surface area contributed by atoms with Gasteiger partial charge in [-0.25, -0.2) is 4.98 Å². The molecule has 126 valence electrons. The number of imidazole rings is 1. The van der Waals surface area contributed by atoms with Crippen molar-refractivity contribution in [3.05, 3.63) is 54.1 Å². The third-order valence-electron chi connectivity index (χ3n) is 3.87. The molecule has 1 N–H and O–H groups in total. The summed E-state index contributed by atoms with van der Waals surface area (Å²) in [5.41, 5.74) is 3.26. The minimum Gasteiger partial charge on any atom is -0.325 e. The van der Waals surface area contributed by atoms with Crippen LogP contribution in [0.2, 0.25) is 0 Å². The van der Waals surface area contributed by atoms with Crippen LogP contribution in [0.3, 0.4) is 0 Å². The van der Waals surface area contributed by atoms with E-state index in [9.17, 15) is 4.79 Å². The Morgan fingerprint density at radius 2 is 2.00 bits per heavy atom. The molecular formula is C19H18N4OS. The molecule has 1 unspecified atom stereocenters. The number of para-hydroxylation sites is 2. The lowest BCUT2D eigenvalue weighted by molar-refractivity contribution is -0.115. The van der Waals surface area contributed by atoms with E-state index in [4.69, 9.17) is 5.26 Å². The van der Waals surface area contributed by atoms with E-state index in [0.717, 1.165) is 22.7 Å². The molecule has 0 aliphatic carbocycles. The molecule has 6 heteroatoms. The van der Waals surface area contributed by atoms with Crippen molar-refractivity contribution in [1.82, 2.24) is 9.55 Å². The summed E-state index contributed by atoms with van der Waals surface area (Å²) in [6.45, 7) is 4.73. The lowest BCUT2D eigenvalue weighted by Gasteiger charge is -2.12. The number of carbonyl (C=O) groups is 1. The van der Waals surface area contributed by atoms with E-state index >= 15 is 0 Å². The summed E-state index contributed by atoms with van der Waals surface area (Å²) in [5, 5.41) is 12.2. The molecule has 0 fully saturated rings. The van der Waals surface area contributed by atoms with Crippen molar-refractivity contribution in [2.24, 2.45) is 0 Å². The molecule has 0 saturated heterocycles. The minimum atomic E-state index is -0.294. The van der Waals surface area contributed by atoms with Crippen LogP contribution in [0, 0.1) is 11.3 Å². The monoisotopic (exact) mass is 350 g/mol. The Morgan fingerprint density at radius 1 is 1.28 bits per heavy atom. The van der Waals surface area contributed by atoms with E-state index in [0.29, 0.717) is 11.3 Å². The summed E-state index contributed by atoms with van der Waals surface area (Å²) in [5.74, 6) is -0.0931. The number of nitrogens with one attached hydrogen (secondary N) is 1. The minimum absolute atomic E-state index is 0.0931. The van der Waals surface area contributed by atoms with Gasteiger partial charge in [0.1, 0.15) is 0 Å². The van der Waals surface area contributed by atoms with Gasteiger partial charge in [-0.2, -0.15) is 5.26 Å². The van der Waals surface area contributed by atoms with Crippen molar-refractivity contribution in [1.29, 1.82) is 5.26 Å². The quantitative estimate of drug-likeness (QED) is 0.705. The summed E-state index contributed by atoms with van der Waals surface area (Å²) in [7, 11) is 0. The normalized spacial score (nSPS) is 11.9. The number of amides is 1. The van der Waals surface area contributed by atoms with Gasteiger partial charge in [0.15, 0.2) is 5.16 Å². The maximum atomic E-state index is 12.5. The van der Waals surface area contributed by atoms with Gasteiger partial charge in [0.25, 0.3) is 0 Å². The van der Waals surface area contributed by atoms with E-state index in [1.807, 2.05) is 31.2 Å².